The standard InChI is InChI=1S/C13H18N2O3/c1-9(2)14-13(17)15-11(12(16)18-3)10-7-5-4-6-8-10/h4-9,11H,1-3H3,(H2,14,15,17)/t11-/m0/s1. The number of esters is 1. The van der Waals surface area contributed by atoms with Crippen molar-refractivity contribution in [2.24, 2.45) is 0 Å². The molecule has 0 aliphatic carbocycles. The Labute approximate surface area is 107 Å². The summed E-state index contributed by atoms with van der Waals surface area (Å²) in [5.74, 6) is -0.500. The second-order valence-electron chi connectivity index (χ2n) is 4.14. The highest BCUT2D eigenvalue weighted by Crippen LogP contribution is 2.13. The van der Waals surface area contributed by atoms with Gasteiger partial charge >= 0.3 is 12.0 Å². The van der Waals surface area contributed by atoms with Crippen LogP contribution in [0.15, 0.2) is 30.3 Å². The van der Waals surface area contributed by atoms with Crippen molar-refractivity contribution in [3.8, 4) is 0 Å². The average molecular weight is 250 g/mol. The van der Waals surface area contributed by atoms with Crippen molar-refractivity contribution in [1.29, 1.82) is 0 Å². The average Bonchev–Trinajstić information content (AvgIpc) is 2.35. The third kappa shape index (κ3) is 4.08. The summed E-state index contributed by atoms with van der Waals surface area (Å²) in [5.41, 5.74) is 0.684. The Bertz CT molecular complexity index is 404. The summed E-state index contributed by atoms with van der Waals surface area (Å²) in [5, 5.41) is 5.25. The van der Waals surface area contributed by atoms with Crippen LogP contribution in [0.4, 0.5) is 4.79 Å². The van der Waals surface area contributed by atoms with Crippen LogP contribution in [-0.2, 0) is 9.53 Å². The minimum absolute atomic E-state index is 0.000861. The van der Waals surface area contributed by atoms with E-state index in [4.69, 9.17) is 4.74 Å². The van der Waals surface area contributed by atoms with Gasteiger partial charge in [0.05, 0.1) is 7.11 Å². The van der Waals surface area contributed by atoms with Gasteiger partial charge in [0.2, 0.25) is 0 Å². The molecule has 1 rings (SSSR count). The summed E-state index contributed by atoms with van der Waals surface area (Å²) < 4.78 is 4.69. The minimum atomic E-state index is -0.796. The fourth-order valence-corrected chi connectivity index (χ4v) is 1.48. The van der Waals surface area contributed by atoms with Gasteiger partial charge in [-0.3, -0.25) is 0 Å². The second-order valence-corrected chi connectivity index (χ2v) is 4.14. The smallest absolute Gasteiger partial charge is 0.333 e. The highest BCUT2D eigenvalue weighted by Gasteiger charge is 2.23. The highest BCUT2D eigenvalue weighted by molar-refractivity contribution is 5.84. The Kier molecular flexibility index (Phi) is 5.17. The predicted octanol–water partition coefficient (Wildman–Crippen LogP) is 1.61. The summed E-state index contributed by atoms with van der Waals surface area (Å²) in [6.07, 6.45) is 0. The molecular formula is C13H18N2O3. The van der Waals surface area contributed by atoms with Gasteiger partial charge < -0.3 is 15.4 Å². The zero-order chi connectivity index (χ0) is 13.5. The lowest BCUT2D eigenvalue weighted by molar-refractivity contribution is -0.143. The van der Waals surface area contributed by atoms with E-state index in [2.05, 4.69) is 10.6 Å². The molecule has 0 spiro atoms. The first-order chi connectivity index (χ1) is 8.54. The summed E-state index contributed by atoms with van der Waals surface area (Å²) in [7, 11) is 1.29. The first-order valence-electron chi connectivity index (χ1n) is 5.74. The van der Waals surface area contributed by atoms with Crippen molar-refractivity contribution in [1.82, 2.24) is 10.6 Å². The Balaban J connectivity index is 2.80. The SMILES string of the molecule is COC(=O)[C@@H](NC(=O)NC(C)C)c1ccccc1. The normalized spacial score (nSPS) is 11.8. The Hall–Kier alpha value is -2.04. The summed E-state index contributed by atoms with van der Waals surface area (Å²) in [4.78, 5) is 23.3. The first kappa shape index (κ1) is 14.0. The van der Waals surface area contributed by atoms with Crippen molar-refractivity contribution >= 4 is 12.0 Å². The van der Waals surface area contributed by atoms with Crippen molar-refractivity contribution in [3.05, 3.63) is 35.9 Å². The Morgan fingerprint density at radius 1 is 1.11 bits per heavy atom. The maximum Gasteiger partial charge on any atom is 0.333 e. The second kappa shape index (κ2) is 6.64. The molecule has 18 heavy (non-hydrogen) atoms. The molecule has 0 heterocycles. The van der Waals surface area contributed by atoms with Gasteiger partial charge in [0.1, 0.15) is 0 Å². The third-order valence-electron chi connectivity index (χ3n) is 2.26. The lowest BCUT2D eigenvalue weighted by atomic mass is 10.1. The van der Waals surface area contributed by atoms with Crippen molar-refractivity contribution in [2.75, 3.05) is 7.11 Å². The molecule has 0 bridgehead atoms. The van der Waals surface area contributed by atoms with Gasteiger partial charge in [0.25, 0.3) is 0 Å². The molecule has 0 aromatic heterocycles. The molecule has 0 aliphatic rings. The zero-order valence-corrected chi connectivity index (χ0v) is 10.8. The van der Waals surface area contributed by atoms with Crippen LogP contribution in [0.25, 0.3) is 0 Å². The molecule has 0 aliphatic heterocycles. The lowest BCUT2D eigenvalue weighted by Crippen LogP contribution is -2.43. The Morgan fingerprint density at radius 2 is 1.72 bits per heavy atom. The molecule has 0 unspecified atom stereocenters. The van der Waals surface area contributed by atoms with Crippen molar-refractivity contribution in [2.45, 2.75) is 25.9 Å². The molecule has 0 saturated heterocycles. The van der Waals surface area contributed by atoms with Gasteiger partial charge in [-0.05, 0) is 19.4 Å². The molecule has 0 saturated carbocycles. The lowest BCUT2D eigenvalue weighted by Gasteiger charge is -2.18. The molecule has 5 nitrogen and oxygen atoms in total. The monoisotopic (exact) mass is 250 g/mol. The van der Waals surface area contributed by atoms with E-state index in [1.165, 1.54) is 7.11 Å². The highest BCUT2D eigenvalue weighted by atomic mass is 16.5. The van der Waals surface area contributed by atoms with Crippen LogP contribution in [0.5, 0.6) is 0 Å². The van der Waals surface area contributed by atoms with Gasteiger partial charge in [-0.25, -0.2) is 9.59 Å². The molecule has 5 heteroatoms. The Morgan fingerprint density at radius 3 is 2.22 bits per heavy atom. The van der Waals surface area contributed by atoms with Crippen LogP contribution < -0.4 is 10.6 Å². The third-order valence-corrected chi connectivity index (χ3v) is 2.26. The van der Waals surface area contributed by atoms with E-state index in [-0.39, 0.29) is 6.04 Å². The number of nitrogens with one attached hydrogen (secondary N) is 2. The molecule has 2 amide bonds. The van der Waals surface area contributed by atoms with E-state index in [9.17, 15) is 9.59 Å². The summed E-state index contributed by atoms with van der Waals surface area (Å²) in [6.45, 7) is 3.69. The first-order valence-corrected chi connectivity index (χ1v) is 5.74. The predicted molar refractivity (Wildman–Crippen MR) is 68.0 cm³/mol. The van der Waals surface area contributed by atoms with Crippen LogP contribution in [-0.4, -0.2) is 25.2 Å². The molecule has 98 valence electrons. The number of urea groups is 1. The number of methoxy groups -OCH3 is 1. The zero-order valence-electron chi connectivity index (χ0n) is 10.8. The van der Waals surface area contributed by atoms with E-state index < -0.39 is 18.0 Å². The summed E-state index contributed by atoms with van der Waals surface area (Å²) in [6, 6.07) is 7.76. The van der Waals surface area contributed by atoms with Crippen molar-refractivity contribution < 1.29 is 14.3 Å². The van der Waals surface area contributed by atoms with Gasteiger partial charge in [-0.2, -0.15) is 0 Å². The van der Waals surface area contributed by atoms with Gasteiger partial charge in [0, 0.05) is 6.04 Å². The summed E-state index contributed by atoms with van der Waals surface area (Å²) >= 11 is 0. The van der Waals surface area contributed by atoms with Crippen LogP contribution in [0, 0.1) is 0 Å². The molecule has 0 fully saturated rings. The maximum atomic E-state index is 11.7. The van der Waals surface area contributed by atoms with Crippen LogP contribution in [0.3, 0.4) is 0 Å². The molecule has 0 radical (unpaired) electrons. The largest absolute Gasteiger partial charge is 0.467 e. The molecular weight excluding hydrogens is 232 g/mol. The molecule has 2 N–H and O–H groups in total. The number of rotatable bonds is 4. The van der Waals surface area contributed by atoms with Crippen LogP contribution in [0.1, 0.15) is 25.5 Å². The fraction of sp³-hybridized carbons (Fsp3) is 0.385. The molecule has 1 aromatic carbocycles. The van der Waals surface area contributed by atoms with Crippen LogP contribution in [0.2, 0.25) is 0 Å². The van der Waals surface area contributed by atoms with Gasteiger partial charge in [-0.1, -0.05) is 30.3 Å². The minimum Gasteiger partial charge on any atom is -0.467 e. The molecule has 1 atom stereocenters. The number of amides is 2. The van der Waals surface area contributed by atoms with Crippen LogP contribution >= 0.6 is 0 Å². The van der Waals surface area contributed by atoms with Crippen molar-refractivity contribution in [3.63, 3.8) is 0 Å². The topological polar surface area (TPSA) is 67.4 Å². The van der Waals surface area contributed by atoms with Gasteiger partial charge in [-0.15, -0.1) is 0 Å². The van der Waals surface area contributed by atoms with E-state index in [0.717, 1.165) is 0 Å². The molecule has 1 aromatic rings. The van der Waals surface area contributed by atoms with Gasteiger partial charge in [0.15, 0.2) is 6.04 Å². The number of carbonyl (C=O) groups is 2. The maximum absolute atomic E-state index is 11.7. The number of benzene rings is 1. The number of ether oxygens (including phenoxy) is 1. The van der Waals surface area contributed by atoms with E-state index in [1.54, 1.807) is 24.3 Å². The number of hydrogen-bond donors (Lipinski definition) is 2. The van der Waals surface area contributed by atoms with E-state index in [1.807, 2.05) is 19.9 Å². The van der Waals surface area contributed by atoms with E-state index in [0.29, 0.717) is 5.56 Å². The number of carbonyl (C=O) groups excluding carboxylic acids is 2. The quantitative estimate of drug-likeness (QED) is 0.798. The number of hydrogen-bond acceptors (Lipinski definition) is 3. The fourth-order valence-electron chi connectivity index (χ4n) is 1.48. The van der Waals surface area contributed by atoms with E-state index >= 15 is 0 Å².